The van der Waals surface area contributed by atoms with Crippen LogP contribution in [0.5, 0.6) is 5.75 Å². The molecular weight excluding hydrogens is 174 g/mol. The molecule has 0 aliphatic heterocycles. The molecule has 0 unspecified atom stereocenters. The quantitative estimate of drug-likeness (QED) is 0.719. The summed E-state index contributed by atoms with van der Waals surface area (Å²) in [5.41, 5.74) is 7.41. The molecule has 2 heteroatoms. The number of hydrogen-bond donors (Lipinski definition) is 1. The van der Waals surface area contributed by atoms with Crippen molar-refractivity contribution in [3.05, 3.63) is 29.3 Å². The molecule has 0 saturated carbocycles. The maximum atomic E-state index is 5.45. The summed E-state index contributed by atoms with van der Waals surface area (Å²) in [5, 5.41) is 0. The predicted molar refractivity (Wildman–Crippen MR) is 58.3 cm³/mol. The van der Waals surface area contributed by atoms with Gasteiger partial charge in [-0.05, 0) is 31.5 Å². The van der Waals surface area contributed by atoms with Crippen LogP contribution in [0.1, 0.15) is 18.1 Å². The smallest absolute Gasteiger partial charge is 0.134 e. The molecule has 1 rings (SSSR count). The van der Waals surface area contributed by atoms with Crippen molar-refractivity contribution in [1.82, 2.24) is 0 Å². The van der Waals surface area contributed by atoms with Gasteiger partial charge < -0.3 is 10.5 Å². The van der Waals surface area contributed by atoms with Crippen molar-refractivity contribution in [3.8, 4) is 17.6 Å². The molecule has 0 heterocycles. The Hall–Kier alpha value is -1.46. The Morgan fingerprint density at radius 3 is 2.86 bits per heavy atom. The number of aryl methyl sites for hydroxylation is 1. The summed E-state index contributed by atoms with van der Waals surface area (Å²) in [6.45, 7) is 5.02. The minimum Gasteiger partial charge on any atom is -0.493 e. The first-order valence-corrected chi connectivity index (χ1v) is 4.70. The van der Waals surface area contributed by atoms with Crippen molar-refractivity contribution in [1.29, 1.82) is 0 Å². The van der Waals surface area contributed by atoms with Crippen LogP contribution >= 0.6 is 0 Å². The van der Waals surface area contributed by atoms with E-state index >= 15 is 0 Å². The molecule has 0 aliphatic rings. The summed E-state index contributed by atoms with van der Waals surface area (Å²) in [7, 11) is 0. The van der Waals surface area contributed by atoms with Crippen molar-refractivity contribution >= 4 is 0 Å². The minimum absolute atomic E-state index is 0.375. The van der Waals surface area contributed by atoms with Gasteiger partial charge in [-0.3, -0.25) is 0 Å². The van der Waals surface area contributed by atoms with Crippen molar-refractivity contribution in [2.45, 2.75) is 13.8 Å². The highest BCUT2D eigenvalue weighted by Crippen LogP contribution is 2.18. The minimum atomic E-state index is 0.375. The van der Waals surface area contributed by atoms with Gasteiger partial charge in [0.15, 0.2) is 0 Å². The lowest BCUT2D eigenvalue weighted by molar-refractivity contribution is 0.339. The third-order valence-electron chi connectivity index (χ3n) is 1.76. The summed E-state index contributed by atoms with van der Waals surface area (Å²) in [4.78, 5) is 0. The van der Waals surface area contributed by atoms with E-state index in [-0.39, 0.29) is 0 Å². The van der Waals surface area contributed by atoms with Crippen molar-refractivity contribution < 1.29 is 4.74 Å². The number of rotatable bonds is 2. The zero-order chi connectivity index (χ0) is 10.4. The number of nitrogens with two attached hydrogens (primary N) is 1. The lowest BCUT2D eigenvalue weighted by atomic mass is 10.1. The van der Waals surface area contributed by atoms with Gasteiger partial charge in [-0.25, -0.2) is 0 Å². The SMILES string of the molecule is CCOc1ccc(C)cc1C#CCN. The lowest BCUT2D eigenvalue weighted by Gasteiger charge is -2.06. The summed E-state index contributed by atoms with van der Waals surface area (Å²) >= 11 is 0. The Bertz CT molecular complexity index is 360. The van der Waals surface area contributed by atoms with Crippen molar-refractivity contribution in [2.24, 2.45) is 5.73 Å². The van der Waals surface area contributed by atoms with Gasteiger partial charge in [-0.2, -0.15) is 0 Å². The summed E-state index contributed by atoms with van der Waals surface area (Å²) < 4.78 is 5.45. The largest absolute Gasteiger partial charge is 0.493 e. The highest BCUT2D eigenvalue weighted by molar-refractivity contribution is 5.48. The average Bonchev–Trinajstić information content (AvgIpc) is 2.18. The second-order valence-electron chi connectivity index (χ2n) is 2.94. The van der Waals surface area contributed by atoms with E-state index in [9.17, 15) is 0 Å². The predicted octanol–water partition coefficient (Wildman–Crippen LogP) is 1.70. The van der Waals surface area contributed by atoms with E-state index in [0.29, 0.717) is 13.2 Å². The standard InChI is InChI=1S/C12H15NO/c1-3-14-12-7-6-10(2)9-11(12)5-4-8-13/h6-7,9H,3,8,13H2,1-2H3. The topological polar surface area (TPSA) is 35.2 Å². The molecule has 1 aromatic carbocycles. The van der Waals surface area contributed by atoms with E-state index in [1.807, 2.05) is 32.0 Å². The second kappa shape index (κ2) is 5.31. The van der Waals surface area contributed by atoms with Gasteiger partial charge in [0.25, 0.3) is 0 Å². The Morgan fingerprint density at radius 2 is 2.21 bits per heavy atom. The Labute approximate surface area is 85.1 Å². The number of ether oxygens (including phenoxy) is 1. The second-order valence-corrected chi connectivity index (χ2v) is 2.94. The van der Waals surface area contributed by atoms with Crippen molar-refractivity contribution in [2.75, 3.05) is 13.2 Å². The summed E-state index contributed by atoms with van der Waals surface area (Å²) in [6, 6.07) is 5.96. The lowest BCUT2D eigenvalue weighted by Crippen LogP contribution is -1.96. The molecule has 1 aromatic rings. The molecule has 0 amide bonds. The summed E-state index contributed by atoms with van der Waals surface area (Å²) in [5.74, 6) is 6.66. The van der Waals surface area contributed by atoms with Crippen LogP contribution in [0.2, 0.25) is 0 Å². The van der Waals surface area contributed by atoms with Crippen LogP contribution in [0.4, 0.5) is 0 Å². The molecule has 0 saturated heterocycles. The van der Waals surface area contributed by atoms with Crippen LogP contribution in [-0.4, -0.2) is 13.2 Å². The van der Waals surface area contributed by atoms with Gasteiger partial charge in [0.2, 0.25) is 0 Å². The third kappa shape index (κ3) is 2.79. The first-order valence-electron chi connectivity index (χ1n) is 4.70. The van der Waals surface area contributed by atoms with Crippen molar-refractivity contribution in [3.63, 3.8) is 0 Å². The molecule has 14 heavy (non-hydrogen) atoms. The molecule has 0 bridgehead atoms. The zero-order valence-electron chi connectivity index (χ0n) is 8.63. The van der Waals surface area contributed by atoms with Crippen LogP contribution in [-0.2, 0) is 0 Å². The third-order valence-corrected chi connectivity index (χ3v) is 1.76. The van der Waals surface area contributed by atoms with E-state index in [0.717, 1.165) is 11.3 Å². The molecule has 0 fully saturated rings. The molecule has 74 valence electrons. The normalized spacial score (nSPS) is 9.07. The fraction of sp³-hybridized carbons (Fsp3) is 0.333. The first kappa shape index (κ1) is 10.6. The Kier molecular flexibility index (Phi) is 4.03. The Balaban J connectivity index is 3.02. The maximum Gasteiger partial charge on any atom is 0.134 e. The molecule has 0 spiro atoms. The van der Waals surface area contributed by atoms with Crippen LogP contribution in [0.3, 0.4) is 0 Å². The van der Waals surface area contributed by atoms with E-state index in [1.54, 1.807) is 0 Å². The molecule has 0 atom stereocenters. The fourth-order valence-electron chi connectivity index (χ4n) is 1.17. The molecule has 0 aromatic heterocycles. The summed E-state index contributed by atoms with van der Waals surface area (Å²) in [6.07, 6.45) is 0. The highest BCUT2D eigenvalue weighted by Gasteiger charge is 1.99. The van der Waals surface area contributed by atoms with Crippen LogP contribution < -0.4 is 10.5 Å². The van der Waals surface area contributed by atoms with Gasteiger partial charge in [-0.1, -0.05) is 17.9 Å². The van der Waals surface area contributed by atoms with Crippen LogP contribution in [0.15, 0.2) is 18.2 Å². The molecule has 0 radical (unpaired) electrons. The number of benzene rings is 1. The van der Waals surface area contributed by atoms with Gasteiger partial charge in [-0.15, -0.1) is 0 Å². The average molecular weight is 189 g/mol. The van der Waals surface area contributed by atoms with E-state index < -0.39 is 0 Å². The van der Waals surface area contributed by atoms with E-state index in [4.69, 9.17) is 10.5 Å². The van der Waals surface area contributed by atoms with Gasteiger partial charge in [0, 0.05) is 0 Å². The van der Waals surface area contributed by atoms with Gasteiger partial charge in [0.1, 0.15) is 5.75 Å². The first-order chi connectivity index (χ1) is 6.77. The van der Waals surface area contributed by atoms with Gasteiger partial charge >= 0.3 is 0 Å². The monoisotopic (exact) mass is 189 g/mol. The zero-order valence-corrected chi connectivity index (χ0v) is 8.63. The van der Waals surface area contributed by atoms with E-state index in [2.05, 4.69) is 11.8 Å². The fourth-order valence-corrected chi connectivity index (χ4v) is 1.17. The van der Waals surface area contributed by atoms with E-state index in [1.165, 1.54) is 5.56 Å². The maximum absolute atomic E-state index is 5.45. The van der Waals surface area contributed by atoms with Crippen LogP contribution in [0.25, 0.3) is 0 Å². The molecular formula is C12H15NO. The molecule has 2 nitrogen and oxygen atoms in total. The molecule has 2 N–H and O–H groups in total. The number of hydrogen-bond acceptors (Lipinski definition) is 2. The molecule has 0 aliphatic carbocycles. The van der Waals surface area contributed by atoms with Gasteiger partial charge in [0.05, 0.1) is 18.7 Å². The van der Waals surface area contributed by atoms with Crippen LogP contribution in [0, 0.1) is 18.8 Å². The Morgan fingerprint density at radius 1 is 1.43 bits per heavy atom. The highest BCUT2D eigenvalue weighted by atomic mass is 16.5.